The topological polar surface area (TPSA) is 142 Å². The number of nitrogens with zero attached hydrogens (tertiary/aromatic N) is 9. The lowest BCUT2D eigenvalue weighted by Crippen LogP contribution is -2.43. The van der Waals surface area contributed by atoms with Gasteiger partial charge in [0, 0.05) is 54.9 Å². The molecule has 0 saturated carbocycles. The summed E-state index contributed by atoms with van der Waals surface area (Å²) in [6, 6.07) is 5.64. The molecule has 2 N–H and O–H groups in total. The first-order valence-corrected chi connectivity index (χ1v) is 17.9. The van der Waals surface area contributed by atoms with Gasteiger partial charge in [0.05, 0.1) is 26.9 Å². The summed E-state index contributed by atoms with van der Waals surface area (Å²) in [5.41, 5.74) is 5.65. The van der Waals surface area contributed by atoms with Crippen molar-refractivity contribution in [2.45, 2.75) is 43.4 Å². The molecule has 12 nitrogen and oxygen atoms in total. The van der Waals surface area contributed by atoms with Gasteiger partial charge in [-0.3, -0.25) is 4.90 Å². The van der Waals surface area contributed by atoms with E-state index in [2.05, 4.69) is 20.0 Å². The molecule has 262 valence electrons. The van der Waals surface area contributed by atoms with Crippen LogP contribution in [-0.4, -0.2) is 97.6 Å². The van der Waals surface area contributed by atoms with E-state index >= 15 is 4.39 Å². The first-order valence-electron chi connectivity index (χ1n) is 16.7. The van der Waals surface area contributed by atoms with Gasteiger partial charge in [0.2, 0.25) is 0 Å². The molecular weight excluding hydrogens is 705 g/mol. The molecule has 4 aliphatic rings. The second-order valence-corrected chi connectivity index (χ2v) is 15.2. The van der Waals surface area contributed by atoms with E-state index in [1.807, 2.05) is 11.0 Å². The number of anilines is 2. The maximum atomic E-state index is 17.1. The maximum Gasteiger partial charge on any atom is 0.346 e. The molecule has 2 unspecified atom stereocenters. The third kappa shape index (κ3) is 5.00. The van der Waals surface area contributed by atoms with E-state index in [9.17, 15) is 18.8 Å². The minimum absolute atomic E-state index is 0.00268. The summed E-state index contributed by atoms with van der Waals surface area (Å²) < 4.78 is 54.2. The quantitative estimate of drug-likeness (QED) is 0.242. The molecule has 0 bridgehead atoms. The number of alkyl halides is 1. The molecular formula is C34H30ClF3N10O2S. The number of nitriles is 1. The predicted octanol–water partition coefficient (Wildman–Crippen LogP) is 5.62. The van der Waals surface area contributed by atoms with Gasteiger partial charge in [0.15, 0.2) is 5.82 Å². The van der Waals surface area contributed by atoms with Crippen molar-refractivity contribution in [2.24, 2.45) is 5.92 Å². The lowest BCUT2D eigenvalue weighted by molar-refractivity contribution is 0.107. The van der Waals surface area contributed by atoms with Crippen molar-refractivity contribution >= 4 is 60.8 Å². The number of carbonyl (C=O) groups is 1. The molecule has 9 rings (SSSR count). The largest absolute Gasteiger partial charge is 0.461 e. The maximum absolute atomic E-state index is 17.1. The average molecular weight is 735 g/mol. The van der Waals surface area contributed by atoms with Crippen LogP contribution in [0.4, 0.5) is 28.8 Å². The fraction of sp³-hybridized carbons (Fsp3) is 0.412. The lowest BCUT2D eigenvalue weighted by Gasteiger charge is -2.31. The molecule has 3 aromatic heterocycles. The van der Waals surface area contributed by atoms with Crippen LogP contribution in [0, 0.1) is 28.9 Å². The molecule has 4 aliphatic heterocycles. The van der Waals surface area contributed by atoms with Crippen LogP contribution in [0.15, 0.2) is 30.9 Å². The summed E-state index contributed by atoms with van der Waals surface area (Å²) in [7, 11) is 0. The number of aromatic nitrogens is 5. The number of fused-ring (bicyclic) bond motifs is 4. The Morgan fingerprint density at radius 2 is 2.08 bits per heavy atom. The first-order chi connectivity index (χ1) is 24.7. The number of halogens is 4. The predicted molar refractivity (Wildman–Crippen MR) is 185 cm³/mol. The summed E-state index contributed by atoms with van der Waals surface area (Å²) in [4.78, 5) is 32.4. The van der Waals surface area contributed by atoms with Gasteiger partial charge in [0.1, 0.15) is 53.7 Å². The molecule has 1 amide bonds. The van der Waals surface area contributed by atoms with E-state index in [0.717, 1.165) is 37.1 Å². The molecule has 7 heterocycles. The van der Waals surface area contributed by atoms with E-state index in [4.69, 9.17) is 27.1 Å². The number of amides is 1. The molecule has 4 atom stereocenters. The number of hydrogen-bond donors (Lipinski definition) is 1. The smallest absolute Gasteiger partial charge is 0.346 e. The average Bonchev–Trinajstić information content (AvgIpc) is 3.95. The third-order valence-electron chi connectivity index (χ3n) is 11.0. The van der Waals surface area contributed by atoms with E-state index in [0.29, 0.717) is 43.8 Å². The van der Waals surface area contributed by atoms with Gasteiger partial charge >= 0.3 is 12.0 Å². The Hall–Kier alpha value is -4.72. The Morgan fingerprint density at radius 1 is 1.22 bits per heavy atom. The molecule has 5 aromatic rings. The zero-order chi connectivity index (χ0) is 35.2. The van der Waals surface area contributed by atoms with Crippen molar-refractivity contribution in [1.29, 1.82) is 5.26 Å². The van der Waals surface area contributed by atoms with E-state index in [-0.39, 0.29) is 72.9 Å². The standard InChI is InChI=1S/C34H30ClF3N10O2S/c35-22-8-20-28(27(38)26(22)19-2-3-23(37)29-25(19)21(10-39)30(40)51-29)43-32(50-14-34-5-1-6-46(34)12-18(36)9-34)44-31(20)45-11-17-4-7-47(24(17)13-45)33(49)48-16-41-15-42-48/h2-3,8,15-18,24H,1,4-7,9,11-14,40H2/t17?,18-,24?,34+/m1/s1. The van der Waals surface area contributed by atoms with Gasteiger partial charge in [-0.25, -0.2) is 22.9 Å². The van der Waals surface area contributed by atoms with E-state index < -0.39 is 23.3 Å². The van der Waals surface area contributed by atoms with Gasteiger partial charge in [-0.1, -0.05) is 17.7 Å². The van der Waals surface area contributed by atoms with Gasteiger partial charge in [-0.05, 0) is 43.5 Å². The SMILES string of the molecule is N#Cc1c(N)sc2c(F)ccc(-c3c(Cl)cc4c(N5CC6CCN(C(=O)n7cncn7)C6C5)nc(OC[C@@]56CCCN5C[C@H](F)C6)nc4c3F)c12. The molecule has 0 aliphatic carbocycles. The first kappa shape index (κ1) is 32.2. The highest BCUT2D eigenvalue weighted by Gasteiger charge is 2.50. The highest BCUT2D eigenvalue weighted by atomic mass is 35.5. The summed E-state index contributed by atoms with van der Waals surface area (Å²) in [6.07, 6.45) is 4.47. The number of benzene rings is 2. The number of nitrogens with two attached hydrogens (primary N) is 1. The Balaban J connectivity index is 1.16. The van der Waals surface area contributed by atoms with Crippen LogP contribution in [0.2, 0.25) is 5.02 Å². The molecule has 17 heteroatoms. The Bertz CT molecular complexity index is 2280. The molecule has 2 aromatic carbocycles. The Kier molecular flexibility index (Phi) is 7.53. The highest BCUT2D eigenvalue weighted by Crippen LogP contribution is 2.47. The van der Waals surface area contributed by atoms with Crippen LogP contribution >= 0.6 is 22.9 Å². The minimum atomic E-state index is -0.965. The molecule has 0 radical (unpaired) electrons. The number of likely N-dealkylation sites (tertiary alicyclic amines) is 1. The molecule has 4 saturated heterocycles. The number of thiophene rings is 1. The Labute approximate surface area is 298 Å². The number of ether oxygens (including phenoxy) is 1. The normalized spacial score (nSPS) is 24.5. The van der Waals surface area contributed by atoms with Crippen LogP contribution in [0.1, 0.15) is 31.2 Å². The third-order valence-corrected chi connectivity index (χ3v) is 12.3. The van der Waals surface area contributed by atoms with Crippen molar-refractivity contribution in [3.63, 3.8) is 0 Å². The van der Waals surface area contributed by atoms with Crippen LogP contribution in [0.25, 0.3) is 32.1 Å². The number of carbonyl (C=O) groups excluding carboxylic acids is 1. The molecule has 51 heavy (non-hydrogen) atoms. The Morgan fingerprint density at radius 3 is 2.88 bits per heavy atom. The second-order valence-electron chi connectivity index (χ2n) is 13.7. The van der Waals surface area contributed by atoms with Crippen molar-refractivity contribution < 1.29 is 22.7 Å². The van der Waals surface area contributed by atoms with Crippen LogP contribution in [-0.2, 0) is 0 Å². The summed E-state index contributed by atoms with van der Waals surface area (Å²) >= 11 is 7.79. The lowest BCUT2D eigenvalue weighted by atomic mass is 9.95. The summed E-state index contributed by atoms with van der Waals surface area (Å²) in [6.45, 7) is 2.73. The monoisotopic (exact) mass is 734 g/mol. The van der Waals surface area contributed by atoms with Crippen LogP contribution in [0.5, 0.6) is 6.01 Å². The van der Waals surface area contributed by atoms with E-state index in [1.54, 1.807) is 11.0 Å². The highest BCUT2D eigenvalue weighted by molar-refractivity contribution is 7.23. The van der Waals surface area contributed by atoms with Crippen LogP contribution < -0.4 is 15.4 Å². The van der Waals surface area contributed by atoms with Gasteiger partial charge in [-0.2, -0.15) is 25.0 Å². The van der Waals surface area contributed by atoms with Crippen molar-refractivity contribution in [2.75, 3.05) is 50.0 Å². The van der Waals surface area contributed by atoms with Crippen molar-refractivity contribution in [3.05, 3.63) is 53.1 Å². The summed E-state index contributed by atoms with van der Waals surface area (Å²) in [5.74, 6) is -0.913. The van der Waals surface area contributed by atoms with Gasteiger partial charge in [0.25, 0.3) is 0 Å². The van der Waals surface area contributed by atoms with Gasteiger partial charge < -0.3 is 20.3 Å². The van der Waals surface area contributed by atoms with Crippen LogP contribution in [0.3, 0.4) is 0 Å². The molecule has 0 spiro atoms. The second kappa shape index (κ2) is 11.9. The molecule has 4 fully saturated rings. The number of hydrogen-bond acceptors (Lipinski definition) is 11. The zero-order valence-electron chi connectivity index (χ0n) is 27.0. The fourth-order valence-corrected chi connectivity index (χ4v) is 9.92. The van der Waals surface area contributed by atoms with E-state index in [1.165, 1.54) is 29.5 Å². The zero-order valence-corrected chi connectivity index (χ0v) is 28.6. The number of nitrogen functional groups attached to an aromatic ring is 1. The fourth-order valence-electron chi connectivity index (χ4n) is 8.68. The number of rotatable bonds is 5. The minimum Gasteiger partial charge on any atom is -0.461 e. The van der Waals surface area contributed by atoms with Crippen molar-refractivity contribution in [1.82, 2.24) is 34.5 Å². The van der Waals surface area contributed by atoms with Gasteiger partial charge in [-0.15, -0.1) is 11.3 Å². The van der Waals surface area contributed by atoms with Crippen molar-refractivity contribution in [3.8, 4) is 23.2 Å². The summed E-state index contributed by atoms with van der Waals surface area (Å²) in [5, 5.41) is 14.5.